The summed E-state index contributed by atoms with van der Waals surface area (Å²) in [5, 5.41) is 0. The number of Topliss-reactive ketones (excluding diaryl/α,β-unsaturated/α-hetero) is 1. The highest BCUT2D eigenvalue weighted by atomic mass is 32.2. The monoisotopic (exact) mass is 501 g/mol. The first-order chi connectivity index (χ1) is 16.6. The average molecular weight is 502 g/mol. The van der Waals surface area contributed by atoms with Gasteiger partial charge in [0.25, 0.3) is 0 Å². The number of para-hydroxylation sites is 2. The number of ether oxygens (including phenoxy) is 1. The van der Waals surface area contributed by atoms with Crippen LogP contribution in [0.1, 0.15) is 27.6 Å². The highest BCUT2D eigenvalue weighted by molar-refractivity contribution is 7.98. The van der Waals surface area contributed by atoms with Gasteiger partial charge in [0.1, 0.15) is 6.54 Å². The van der Waals surface area contributed by atoms with Crippen LogP contribution in [-0.4, -0.2) is 38.7 Å². The number of ketones is 1. The molecule has 182 valence electrons. The Bertz CT molecular complexity index is 1420. The lowest BCUT2D eigenvalue weighted by atomic mass is 10.1. The van der Waals surface area contributed by atoms with E-state index in [2.05, 4.69) is 4.98 Å². The van der Waals surface area contributed by atoms with E-state index in [9.17, 15) is 22.8 Å². The van der Waals surface area contributed by atoms with Crippen molar-refractivity contribution in [1.29, 1.82) is 0 Å². The summed E-state index contributed by atoms with van der Waals surface area (Å²) in [5.74, 6) is -2.60. The van der Waals surface area contributed by atoms with Gasteiger partial charge < -0.3 is 13.9 Å². The van der Waals surface area contributed by atoms with Crippen molar-refractivity contribution in [3.63, 3.8) is 0 Å². The van der Waals surface area contributed by atoms with E-state index in [1.54, 1.807) is 36.9 Å². The van der Waals surface area contributed by atoms with Gasteiger partial charge >= 0.3 is 12.1 Å². The average Bonchev–Trinajstić information content (AvgIpc) is 3.34. The molecule has 0 unspecified atom stereocenters. The summed E-state index contributed by atoms with van der Waals surface area (Å²) in [6.07, 6.45) is -2.78. The molecule has 0 amide bonds. The number of benzene rings is 2. The minimum Gasteiger partial charge on any atom is -0.456 e. The second-order valence-electron chi connectivity index (χ2n) is 7.91. The van der Waals surface area contributed by atoms with Crippen molar-refractivity contribution in [3.05, 3.63) is 77.4 Å². The van der Waals surface area contributed by atoms with Crippen molar-refractivity contribution < 1.29 is 27.5 Å². The zero-order valence-corrected chi connectivity index (χ0v) is 20.0. The summed E-state index contributed by atoms with van der Waals surface area (Å²) in [5.41, 5.74) is 3.06. The molecule has 0 aliphatic rings. The Morgan fingerprint density at radius 1 is 1.06 bits per heavy atom. The van der Waals surface area contributed by atoms with Gasteiger partial charge in [0.15, 0.2) is 6.61 Å². The Hall–Kier alpha value is -3.53. The Kier molecular flexibility index (Phi) is 6.75. The minimum atomic E-state index is -4.75. The number of rotatable bonds is 7. The van der Waals surface area contributed by atoms with Crippen LogP contribution < -0.4 is 0 Å². The van der Waals surface area contributed by atoms with E-state index in [1.165, 1.54) is 12.1 Å². The molecule has 4 aromatic rings. The third-order valence-electron chi connectivity index (χ3n) is 5.60. The van der Waals surface area contributed by atoms with Crippen LogP contribution in [-0.2, 0) is 22.3 Å². The number of halogens is 3. The highest BCUT2D eigenvalue weighted by Gasteiger charge is 2.38. The van der Waals surface area contributed by atoms with E-state index in [0.717, 1.165) is 20.8 Å². The molecule has 4 rings (SSSR count). The van der Waals surface area contributed by atoms with Crippen molar-refractivity contribution >= 4 is 34.5 Å². The molecular weight excluding hydrogens is 479 g/mol. The third kappa shape index (κ3) is 4.97. The van der Waals surface area contributed by atoms with Gasteiger partial charge in [0.05, 0.1) is 11.0 Å². The van der Waals surface area contributed by atoms with Gasteiger partial charge in [0, 0.05) is 27.5 Å². The number of aryl methyl sites for hydroxylation is 1. The molecule has 35 heavy (non-hydrogen) atoms. The normalized spacial score (nSPS) is 11.7. The summed E-state index contributed by atoms with van der Waals surface area (Å²) < 4.78 is 48.1. The molecule has 0 atom stereocenters. The lowest BCUT2D eigenvalue weighted by Crippen LogP contribution is -2.22. The fraction of sp³-hybridized carbons (Fsp3) is 0.240. The van der Waals surface area contributed by atoms with Crippen LogP contribution >= 0.6 is 11.8 Å². The smallest absolute Gasteiger partial charge is 0.449 e. The summed E-state index contributed by atoms with van der Waals surface area (Å²) in [7, 11) is 0. The third-order valence-corrected chi connectivity index (χ3v) is 6.33. The number of thioether (sulfide) groups is 1. The molecule has 0 N–H and O–H groups in total. The van der Waals surface area contributed by atoms with Gasteiger partial charge in [-0.3, -0.25) is 9.59 Å². The maximum Gasteiger partial charge on any atom is 0.449 e. The number of esters is 1. The molecule has 6 nitrogen and oxygen atoms in total. The van der Waals surface area contributed by atoms with Gasteiger partial charge in [-0.15, -0.1) is 11.8 Å². The van der Waals surface area contributed by atoms with Crippen LogP contribution in [0, 0.1) is 13.8 Å². The Labute approximate surface area is 203 Å². The van der Waals surface area contributed by atoms with Gasteiger partial charge in [-0.25, -0.2) is 4.98 Å². The molecule has 2 heterocycles. The van der Waals surface area contributed by atoms with E-state index in [1.807, 2.05) is 42.0 Å². The Balaban J connectivity index is 1.51. The number of hydrogen-bond acceptors (Lipinski definition) is 5. The van der Waals surface area contributed by atoms with Gasteiger partial charge in [-0.05, 0) is 56.5 Å². The summed E-state index contributed by atoms with van der Waals surface area (Å²) >= 11 is 1.60. The molecule has 10 heteroatoms. The SMILES string of the molecule is CSc1cccc(-n2c(C)cc(C(=O)COC(=O)Cn3c(C(F)(F)F)nc4ccccc43)c2C)c1. The van der Waals surface area contributed by atoms with Crippen molar-refractivity contribution in [2.75, 3.05) is 12.9 Å². The fourth-order valence-corrected chi connectivity index (χ4v) is 4.50. The first kappa shape index (κ1) is 24.6. The summed E-state index contributed by atoms with van der Waals surface area (Å²) in [6, 6.07) is 15.6. The zero-order chi connectivity index (χ0) is 25.3. The van der Waals surface area contributed by atoms with E-state index >= 15 is 0 Å². The molecule has 0 fully saturated rings. The van der Waals surface area contributed by atoms with Gasteiger partial charge in [0.2, 0.25) is 11.6 Å². The van der Waals surface area contributed by atoms with Crippen molar-refractivity contribution in [2.24, 2.45) is 0 Å². The van der Waals surface area contributed by atoms with E-state index in [0.29, 0.717) is 11.3 Å². The number of carbonyl (C=O) groups is 2. The number of fused-ring (bicyclic) bond motifs is 1. The second-order valence-corrected chi connectivity index (χ2v) is 8.79. The Morgan fingerprint density at radius 3 is 2.51 bits per heavy atom. The molecule has 0 aliphatic heterocycles. The van der Waals surface area contributed by atoms with Gasteiger partial charge in [-0.1, -0.05) is 18.2 Å². The van der Waals surface area contributed by atoms with Crippen molar-refractivity contribution in [3.8, 4) is 5.69 Å². The minimum absolute atomic E-state index is 0.113. The largest absolute Gasteiger partial charge is 0.456 e. The molecule has 2 aromatic heterocycles. The van der Waals surface area contributed by atoms with E-state index in [-0.39, 0.29) is 11.0 Å². The van der Waals surface area contributed by atoms with Gasteiger partial charge in [-0.2, -0.15) is 13.2 Å². The standard InChI is InChI=1S/C25H22F3N3O3S/c1-15-11-19(16(2)31(15)17-7-6-8-18(12-17)35-3)22(32)14-34-23(33)13-30-21-10-5-4-9-20(21)29-24(30)25(26,27)28/h4-12H,13-14H2,1-3H3. The van der Waals surface area contributed by atoms with Crippen molar-refractivity contribution in [2.45, 2.75) is 31.5 Å². The number of hydrogen-bond donors (Lipinski definition) is 0. The molecule has 0 spiro atoms. The van der Waals surface area contributed by atoms with Crippen LogP contribution in [0.3, 0.4) is 0 Å². The maximum absolute atomic E-state index is 13.5. The number of alkyl halides is 3. The number of carbonyl (C=O) groups excluding carboxylic acids is 2. The molecule has 0 saturated heterocycles. The van der Waals surface area contributed by atoms with Crippen LogP contribution in [0.2, 0.25) is 0 Å². The van der Waals surface area contributed by atoms with Crippen LogP contribution in [0.5, 0.6) is 0 Å². The Morgan fingerprint density at radius 2 is 1.80 bits per heavy atom. The maximum atomic E-state index is 13.5. The molecule has 0 bridgehead atoms. The predicted molar refractivity (Wildman–Crippen MR) is 127 cm³/mol. The lowest BCUT2D eigenvalue weighted by Gasteiger charge is -2.12. The second kappa shape index (κ2) is 9.61. The van der Waals surface area contributed by atoms with E-state index < -0.39 is 36.9 Å². The summed E-state index contributed by atoms with van der Waals surface area (Å²) in [4.78, 5) is 29.9. The molecule has 0 aliphatic carbocycles. The van der Waals surface area contributed by atoms with Crippen LogP contribution in [0.4, 0.5) is 13.2 Å². The first-order valence-corrected chi connectivity index (χ1v) is 11.9. The fourth-order valence-electron chi connectivity index (χ4n) is 4.04. The van der Waals surface area contributed by atoms with Crippen LogP contribution in [0.25, 0.3) is 16.7 Å². The quantitative estimate of drug-likeness (QED) is 0.187. The zero-order valence-electron chi connectivity index (χ0n) is 19.2. The molecule has 0 radical (unpaired) electrons. The topological polar surface area (TPSA) is 66.1 Å². The number of imidazole rings is 1. The molecule has 0 saturated carbocycles. The first-order valence-electron chi connectivity index (χ1n) is 10.6. The number of nitrogens with zero attached hydrogens (tertiary/aromatic N) is 3. The lowest BCUT2D eigenvalue weighted by molar-refractivity contribution is -0.150. The summed E-state index contributed by atoms with van der Waals surface area (Å²) in [6.45, 7) is 2.36. The molecule has 2 aromatic carbocycles. The number of aromatic nitrogens is 3. The van der Waals surface area contributed by atoms with Crippen LogP contribution in [0.15, 0.2) is 59.5 Å². The molecular formula is C25H22F3N3O3S. The van der Waals surface area contributed by atoms with Crippen molar-refractivity contribution in [1.82, 2.24) is 14.1 Å². The predicted octanol–water partition coefficient (Wildman–Crippen LogP) is 5.61. The highest BCUT2D eigenvalue weighted by Crippen LogP contribution is 2.31. The van der Waals surface area contributed by atoms with E-state index in [4.69, 9.17) is 4.74 Å².